The summed E-state index contributed by atoms with van der Waals surface area (Å²) in [5.41, 5.74) is 4.03. The van der Waals surface area contributed by atoms with Crippen molar-refractivity contribution in [3.8, 4) is 11.5 Å². The van der Waals surface area contributed by atoms with Gasteiger partial charge in [0.2, 0.25) is 0 Å². The summed E-state index contributed by atoms with van der Waals surface area (Å²) in [7, 11) is 0. The van der Waals surface area contributed by atoms with Crippen molar-refractivity contribution in [1.29, 1.82) is 0 Å². The molecule has 2 aromatic carbocycles. The van der Waals surface area contributed by atoms with Crippen molar-refractivity contribution < 1.29 is 9.47 Å². The summed E-state index contributed by atoms with van der Waals surface area (Å²) < 4.78 is 12.2. The van der Waals surface area contributed by atoms with Crippen molar-refractivity contribution in [1.82, 2.24) is 5.32 Å². The van der Waals surface area contributed by atoms with E-state index in [1.807, 2.05) is 12.1 Å². The molecule has 1 spiro atoms. The highest BCUT2D eigenvalue weighted by Gasteiger charge is 2.41. The van der Waals surface area contributed by atoms with Gasteiger partial charge in [-0.3, -0.25) is 0 Å². The quantitative estimate of drug-likeness (QED) is 0.838. The lowest BCUT2D eigenvalue weighted by atomic mass is 9.75. The molecule has 136 valence electrons. The molecule has 0 unspecified atom stereocenters. The molecule has 4 heteroatoms. The van der Waals surface area contributed by atoms with Crippen LogP contribution in [0.25, 0.3) is 0 Å². The van der Waals surface area contributed by atoms with Crippen LogP contribution in [0.1, 0.15) is 48.3 Å². The van der Waals surface area contributed by atoms with Gasteiger partial charge in [0, 0.05) is 27.6 Å². The van der Waals surface area contributed by atoms with Gasteiger partial charge in [-0.1, -0.05) is 29.8 Å². The maximum Gasteiger partial charge on any atom is 0.126 e. The fourth-order valence-corrected chi connectivity index (χ4v) is 4.66. The van der Waals surface area contributed by atoms with Crippen LogP contribution < -0.4 is 14.8 Å². The summed E-state index contributed by atoms with van der Waals surface area (Å²) in [6.07, 6.45) is 4.81. The van der Waals surface area contributed by atoms with Crippen LogP contribution in [0.4, 0.5) is 0 Å². The van der Waals surface area contributed by atoms with Crippen LogP contribution in [-0.2, 0) is 12.0 Å². The average molecular weight is 370 g/mol. The highest BCUT2D eigenvalue weighted by atomic mass is 35.5. The Hall–Kier alpha value is -1.71. The summed E-state index contributed by atoms with van der Waals surface area (Å²) >= 11 is 6.45. The van der Waals surface area contributed by atoms with Crippen molar-refractivity contribution in [2.75, 3.05) is 19.7 Å². The van der Waals surface area contributed by atoms with E-state index >= 15 is 0 Å². The van der Waals surface area contributed by atoms with E-state index in [1.165, 1.54) is 24.0 Å². The highest BCUT2D eigenvalue weighted by Crippen LogP contribution is 2.46. The SMILES string of the molecule is Clc1cccc(C2CC2)c1COc1ccc2c(c1)OCC21CCNCC1. The maximum atomic E-state index is 6.45. The molecule has 1 saturated heterocycles. The summed E-state index contributed by atoms with van der Waals surface area (Å²) in [5, 5.41) is 4.25. The number of nitrogens with one attached hydrogen (secondary N) is 1. The van der Waals surface area contributed by atoms with E-state index < -0.39 is 0 Å². The number of benzene rings is 2. The lowest BCUT2D eigenvalue weighted by Gasteiger charge is -2.32. The molecule has 0 aromatic heterocycles. The van der Waals surface area contributed by atoms with Gasteiger partial charge in [-0.2, -0.15) is 0 Å². The Labute approximate surface area is 159 Å². The van der Waals surface area contributed by atoms with E-state index in [9.17, 15) is 0 Å². The normalized spacial score (nSPS) is 20.7. The molecule has 0 atom stereocenters. The van der Waals surface area contributed by atoms with Crippen LogP contribution in [0.15, 0.2) is 36.4 Å². The molecule has 2 aromatic rings. The van der Waals surface area contributed by atoms with E-state index in [1.54, 1.807) is 0 Å². The first kappa shape index (κ1) is 16.5. The van der Waals surface area contributed by atoms with Gasteiger partial charge in [-0.05, 0) is 62.4 Å². The molecule has 3 nitrogen and oxygen atoms in total. The maximum absolute atomic E-state index is 6.45. The second kappa shape index (κ2) is 6.47. The van der Waals surface area contributed by atoms with Crippen molar-refractivity contribution in [2.45, 2.75) is 43.6 Å². The molecule has 5 rings (SSSR count). The van der Waals surface area contributed by atoms with Gasteiger partial charge >= 0.3 is 0 Å². The Balaban J connectivity index is 1.35. The fourth-order valence-electron chi connectivity index (χ4n) is 4.42. The zero-order valence-corrected chi connectivity index (χ0v) is 15.6. The van der Waals surface area contributed by atoms with E-state index in [2.05, 4.69) is 29.6 Å². The molecule has 26 heavy (non-hydrogen) atoms. The van der Waals surface area contributed by atoms with E-state index in [4.69, 9.17) is 21.1 Å². The van der Waals surface area contributed by atoms with Crippen molar-refractivity contribution in [3.05, 3.63) is 58.1 Å². The molecular weight excluding hydrogens is 346 g/mol. The largest absolute Gasteiger partial charge is 0.492 e. The predicted octanol–water partition coefficient (Wildman–Crippen LogP) is 4.81. The number of hydrogen-bond donors (Lipinski definition) is 1. The predicted molar refractivity (Wildman–Crippen MR) is 103 cm³/mol. The number of hydrogen-bond acceptors (Lipinski definition) is 3. The van der Waals surface area contributed by atoms with Gasteiger partial charge in [0.1, 0.15) is 18.1 Å². The topological polar surface area (TPSA) is 30.5 Å². The van der Waals surface area contributed by atoms with E-state index in [0.29, 0.717) is 12.5 Å². The Bertz CT molecular complexity index is 825. The van der Waals surface area contributed by atoms with Crippen molar-refractivity contribution in [2.24, 2.45) is 0 Å². The number of rotatable bonds is 4. The molecule has 0 amide bonds. The van der Waals surface area contributed by atoms with Crippen LogP contribution >= 0.6 is 11.6 Å². The standard InChI is InChI=1S/C22H24ClNO2/c23-20-3-1-2-17(15-4-5-15)18(20)13-25-16-6-7-19-21(12-16)26-14-22(19)8-10-24-11-9-22/h1-3,6-7,12,15,24H,4-5,8-11,13-14H2. The van der Waals surface area contributed by atoms with Gasteiger partial charge in [-0.15, -0.1) is 0 Å². The molecule has 2 aliphatic heterocycles. The Morgan fingerprint density at radius 3 is 2.81 bits per heavy atom. The number of ether oxygens (including phenoxy) is 2. The van der Waals surface area contributed by atoms with E-state index in [0.717, 1.165) is 54.6 Å². The third-order valence-electron chi connectivity index (χ3n) is 6.14. The lowest BCUT2D eigenvalue weighted by Crippen LogP contribution is -2.40. The van der Waals surface area contributed by atoms with Crippen LogP contribution in [0, 0.1) is 0 Å². The minimum absolute atomic E-state index is 0.195. The molecule has 2 heterocycles. The zero-order valence-electron chi connectivity index (χ0n) is 14.9. The van der Waals surface area contributed by atoms with Gasteiger partial charge < -0.3 is 14.8 Å². The first-order chi connectivity index (χ1) is 12.8. The van der Waals surface area contributed by atoms with Crippen LogP contribution in [0.3, 0.4) is 0 Å². The Morgan fingerprint density at radius 2 is 2.00 bits per heavy atom. The Kier molecular flexibility index (Phi) is 4.10. The average Bonchev–Trinajstić information content (AvgIpc) is 3.46. The number of halogens is 1. The third kappa shape index (κ3) is 2.87. The molecular formula is C22H24ClNO2. The summed E-state index contributed by atoms with van der Waals surface area (Å²) in [6.45, 7) is 3.44. The fraction of sp³-hybridized carbons (Fsp3) is 0.455. The molecule has 0 radical (unpaired) electrons. The summed E-state index contributed by atoms with van der Waals surface area (Å²) in [4.78, 5) is 0. The third-order valence-corrected chi connectivity index (χ3v) is 6.50. The van der Waals surface area contributed by atoms with Gasteiger partial charge in [0.05, 0.1) is 6.61 Å². The Morgan fingerprint density at radius 1 is 1.15 bits per heavy atom. The number of fused-ring (bicyclic) bond motifs is 2. The van der Waals surface area contributed by atoms with Gasteiger partial charge in [0.15, 0.2) is 0 Å². The number of piperidine rings is 1. The van der Waals surface area contributed by atoms with Crippen LogP contribution in [0.5, 0.6) is 11.5 Å². The van der Waals surface area contributed by atoms with E-state index in [-0.39, 0.29) is 5.41 Å². The highest BCUT2D eigenvalue weighted by molar-refractivity contribution is 6.31. The van der Waals surface area contributed by atoms with Crippen LogP contribution in [0.2, 0.25) is 5.02 Å². The summed E-state index contributed by atoms with van der Waals surface area (Å²) in [6, 6.07) is 12.5. The molecule has 2 fully saturated rings. The molecule has 1 saturated carbocycles. The van der Waals surface area contributed by atoms with Crippen LogP contribution in [-0.4, -0.2) is 19.7 Å². The second-order valence-electron chi connectivity index (χ2n) is 7.85. The zero-order chi connectivity index (χ0) is 17.6. The minimum atomic E-state index is 0.195. The van der Waals surface area contributed by atoms with Crippen molar-refractivity contribution >= 4 is 11.6 Å². The summed E-state index contributed by atoms with van der Waals surface area (Å²) in [5.74, 6) is 2.51. The first-order valence-corrected chi connectivity index (χ1v) is 10.0. The molecule has 0 bridgehead atoms. The molecule has 3 aliphatic rings. The molecule has 1 N–H and O–H groups in total. The molecule has 1 aliphatic carbocycles. The monoisotopic (exact) mass is 369 g/mol. The van der Waals surface area contributed by atoms with Crippen molar-refractivity contribution in [3.63, 3.8) is 0 Å². The first-order valence-electron chi connectivity index (χ1n) is 9.63. The van der Waals surface area contributed by atoms with Gasteiger partial charge in [0.25, 0.3) is 0 Å². The second-order valence-corrected chi connectivity index (χ2v) is 8.25. The smallest absolute Gasteiger partial charge is 0.126 e. The lowest BCUT2D eigenvalue weighted by molar-refractivity contribution is 0.220. The minimum Gasteiger partial charge on any atom is -0.492 e. The van der Waals surface area contributed by atoms with Gasteiger partial charge in [-0.25, -0.2) is 0 Å².